The van der Waals surface area contributed by atoms with Gasteiger partial charge in [-0.05, 0) is 46.0 Å². The van der Waals surface area contributed by atoms with Gasteiger partial charge in [0.25, 0.3) is 0 Å². The first-order valence-electron chi connectivity index (χ1n) is 9.98. The van der Waals surface area contributed by atoms with Gasteiger partial charge in [0.2, 0.25) is 20.0 Å². The fourth-order valence-corrected chi connectivity index (χ4v) is 9.55. The highest BCUT2D eigenvalue weighted by atomic mass is 32.2. The van der Waals surface area contributed by atoms with Crippen molar-refractivity contribution in [3.8, 4) is 0 Å². The molecule has 0 radical (unpaired) electrons. The topological polar surface area (TPSA) is 105 Å². The summed E-state index contributed by atoms with van der Waals surface area (Å²) in [4.78, 5) is 0. The third kappa shape index (κ3) is 3.86. The quantitative estimate of drug-likeness (QED) is 0.634. The number of nitrogens with one attached hydrogen (secondary N) is 1. The number of methoxy groups -OCH3 is 2. The molecular weight excluding hydrogens is 406 g/mol. The van der Waals surface area contributed by atoms with E-state index in [-0.39, 0.29) is 6.10 Å². The average molecular weight is 440 g/mol. The Kier molecular flexibility index (Phi) is 6.75. The van der Waals surface area contributed by atoms with Crippen molar-refractivity contribution in [1.29, 1.82) is 0 Å². The number of rotatable bonds is 6. The summed E-state index contributed by atoms with van der Waals surface area (Å²) in [5.74, 6) is 0. The Labute approximate surface area is 168 Å². The first kappa shape index (κ1) is 22.4. The summed E-state index contributed by atoms with van der Waals surface area (Å²) >= 11 is 0. The Balaban J connectivity index is 1.86. The Morgan fingerprint density at radius 2 is 1.57 bits per heavy atom. The molecule has 2 saturated heterocycles. The highest BCUT2D eigenvalue weighted by molar-refractivity contribution is 7.90. The highest BCUT2D eigenvalue weighted by Crippen LogP contribution is 2.34. The van der Waals surface area contributed by atoms with Crippen molar-refractivity contribution in [2.45, 2.75) is 80.7 Å². The lowest BCUT2D eigenvalue weighted by molar-refractivity contribution is 0.00568. The third-order valence-electron chi connectivity index (χ3n) is 6.41. The number of sulfonamides is 2. The van der Waals surface area contributed by atoms with Crippen LogP contribution in [0.15, 0.2) is 0 Å². The van der Waals surface area contributed by atoms with Crippen molar-refractivity contribution in [3.63, 3.8) is 0 Å². The Bertz CT molecular complexity index is 753. The van der Waals surface area contributed by atoms with E-state index in [0.717, 1.165) is 19.3 Å². The molecule has 164 valence electrons. The molecule has 3 fully saturated rings. The number of hydrogen-bond donors (Lipinski definition) is 1. The second-order valence-electron chi connectivity index (χ2n) is 8.10. The summed E-state index contributed by atoms with van der Waals surface area (Å²) in [5, 5.41) is -1.59. The summed E-state index contributed by atoms with van der Waals surface area (Å²) in [6.07, 6.45) is 2.78. The molecule has 1 saturated carbocycles. The summed E-state index contributed by atoms with van der Waals surface area (Å²) in [6, 6.07) is -1.20. The van der Waals surface area contributed by atoms with Crippen LogP contribution in [0.25, 0.3) is 0 Å². The van der Waals surface area contributed by atoms with Gasteiger partial charge in [-0.15, -0.1) is 4.41 Å². The lowest BCUT2D eigenvalue weighted by Crippen LogP contribution is -2.54. The van der Waals surface area contributed by atoms with Gasteiger partial charge in [0.05, 0.1) is 18.2 Å². The minimum Gasteiger partial charge on any atom is -0.381 e. The van der Waals surface area contributed by atoms with Crippen LogP contribution in [0.2, 0.25) is 0 Å². The van der Waals surface area contributed by atoms with E-state index in [0.29, 0.717) is 25.9 Å². The van der Waals surface area contributed by atoms with Gasteiger partial charge in [-0.25, -0.2) is 26.6 Å². The van der Waals surface area contributed by atoms with E-state index in [1.54, 1.807) is 21.0 Å². The third-order valence-corrected chi connectivity index (χ3v) is 11.2. The van der Waals surface area contributed by atoms with E-state index in [1.165, 1.54) is 15.8 Å². The second kappa shape index (κ2) is 8.44. The summed E-state index contributed by atoms with van der Waals surface area (Å²) in [6.45, 7) is 4.42. The predicted molar refractivity (Wildman–Crippen MR) is 106 cm³/mol. The molecule has 0 aromatic heterocycles. The van der Waals surface area contributed by atoms with Gasteiger partial charge in [0.1, 0.15) is 10.5 Å². The number of ether oxygens (including phenoxy) is 2. The molecule has 0 aromatic rings. The molecule has 6 unspecified atom stereocenters. The molecule has 9 nitrogen and oxygen atoms in total. The maximum absolute atomic E-state index is 13.5. The van der Waals surface area contributed by atoms with Crippen LogP contribution in [-0.2, 0) is 29.5 Å². The highest BCUT2D eigenvalue weighted by Gasteiger charge is 2.54. The first-order chi connectivity index (χ1) is 13.1. The van der Waals surface area contributed by atoms with Crippen LogP contribution in [0.3, 0.4) is 0 Å². The number of nitrogens with zero attached hydrogens (tertiary/aromatic N) is 2. The molecule has 1 aliphatic carbocycles. The maximum atomic E-state index is 13.5. The van der Waals surface area contributed by atoms with Gasteiger partial charge in [0.15, 0.2) is 0 Å². The van der Waals surface area contributed by atoms with Gasteiger partial charge < -0.3 is 9.47 Å². The molecule has 2 heterocycles. The molecule has 28 heavy (non-hydrogen) atoms. The van der Waals surface area contributed by atoms with Crippen LogP contribution < -0.4 is 5.43 Å². The fraction of sp³-hybridized carbons (Fsp3) is 1.00. The van der Waals surface area contributed by atoms with Gasteiger partial charge >= 0.3 is 0 Å². The average Bonchev–Trinajstić information content (AvgIpc) is 3.30. The molecule has 3 aliphatic rings. The SMILES string of the molecule is COC1CCC(OC)C(S(=O)(=O)N2NC(C)C(S(=O)(=O)N3CCCC3)C2C)C1. The molecule has 0 aromatic carbocycles. The molecule has 1 N–H and O–H groups in total. The van der Waals surface area contributed by atoms with Crippen molar-refractivity contribution in [2.24, 2.45) is 0 Å². The van der Waals surface area contributed by atoms with Gasteiger partial charge in [0, 0.05) is 33.4 Å². The van der Waals surface area contributed by atoms with E-state index in [1.807, 2.05) is 0 Å². The fourth-order valence-electron chi connectivity index (χ4n) is 4.88. The van der Waals surface area contributed by atoms with Crippen molar-refractivity contribution >= 4 is 20.0 Å². The van der Waals surface area contributed by atoms with Crippen molar-refractivity contribution in [3.05, 3.63) is 0 Å². The van der Waals surface area contributed by atoms with Crippen LogP contribution in [0.4, 0.5) is 0 Å². The zero-order valence-corrected chi connectivity index (χ0v) is 18.7. The second-order valence-corrected chi connectivity index (χ2v) is 12.2. The van der Waals surface area contributed by atoms with Crippen molar-refractivity contribution < 1.29 is 26.3 Å². The van der Waals surface area contributed by atoms with E-state index in [4.69, 9.17) is 9.47 Å². The standard InChI is InChI=1S/C17H33N3O6S2/c1-12-17(28(23,24)19-9-5-6-10-19)13(2)20(18-12)27(21,22)16-11-14(25-3)7-8-15(16)26-4/h12-18H,5-11H2,1-4H3. The lowest BCUT2D eigenvalue weighted by atomic mass is 9.94. The summed E-state index contributed by atoms with van der Waals surface area (Å²) in [7, 11) is -4.32. The van der Waals surface area contributed by atoms with Crippen LogP contribution in [-0.4, -0.2) is 87.7 Å². The largest absolute Gasteiger partial charge is 0.381 e. The Morgan fingerprint density at radius 3 is 2.14 bits per heavy atom. The normalized spacial score (nSPS) is 38.9. The molecule has 0 bridgehead atoms. The minimum atomic E-state index is -3.83. The summed E-state index contributed by atoms with van der Waals surface area (Å²) < 4.78 is 66.8. The zero-order valence-electron chi connectivity index (χ0n) is 17.1. The smallest absolute Gasteiger partial charge is 0.232 e. The predicted octanol–water partition coefficient (Wildman–Crippen LogP) is 0.290. The molecular formula is C17H33N3O6S2. The van der Waals surface area contributed by atoms with E-state index >= 15 is 0 Å². The molecule has 3 rings (SSSR count). The molecule has 2 aliphatic heterocycles. The molecule has 6 atom stereocenters. The first-order valence-corrected chi connectivity index (χ1v) is 13.0. The Morgan fingerprint density at radius 1 is 0.929 bits per heavy atom. The van der Waals surface area contributed by atoms with Crippen molar-refractivity contribution in [1.82, 2.24) is 14.1 Å². The van der Waals surface area contributed by atoms with Gasteiger partial charge in [-0.1, -0.05) is 0 Å². The van der Waals surface area contributed by atoms with Crippen LogP contribution in [0, 0.1) is 0 Å². The number of hydrogen-bond acceptors (Lipinski definition) is 7. The van der Waals surface area contributed by atoms with Gasteiger partial charge in [-0.3, -0.25) is 0 Å². The molecule has 11 heteroatoms. The lowest BCUT2D eigenvalue weighted by Gasteiger charge is -2.37. The van der Waals surface area contributed by atoms with Crippen LogP contribution in [0.1, 0.15) is 46.0 Å². The minimum absolute atomic E-state index is 0.148. The van der Waals surface area contributed by atoms with E-state index < -0.39 is 48.7 Å². The van der Waals surface area contributed by atoms with Crippen LogP contribution >= 0.6 is 0 Å². The molecule has 0 spiro atoms. The van der Waals surface area contributed by atoms with Crippen LogP contribution in [0.5, 0.6) is 0 Å². The molecule has 0 amide bonds. The Hall–Kier alpha value is -0.300. The van der Waals surface area contributed by atoms with Gasteiger partial charge in [-0.2, -0.15) is 0 Å². The zero-order chi connectivity index (χ0) is 20.7. The number of hydrazine groups is 1. The van der Waals surface area contributed by atoms with E-state index in [2.05, 4.69) is 5.43 Å². The van der Waals surface area contributed by atoms with E-state index in [9.17, 15) is 16.8 Å². The monoisotopic (exact) mass is 439 g/mol. The summed E-state index contributed by atoms with van der Waals surface area (Å²) in [5.41, 5.74) is 2.94. The van der Waals surface area contributed by atoms with Crippen molar-refractivity contribution in [2.75, 3.05) is 27.3 Å². The maximum Gasteiger partial charge on any atom is 0.232 e.